The third kappa shape index (κ3) is 3.96. The summed E-state index contributed by atoms with van der Waals surface area (Å²) in [5.41, 5.74) is 1.18. The molecular weight excluding hydrogens is 384 g/mol. The number of carbonyl (C=O) groups excluding carboxylic acids is 2. The van der Waals surface area contributed by atoms with Crippen LogP contribution in [0.1, 0.15) is 34.6 Å². The molecule has 144 valence electrons. The Morgan fingerprint density at radius 2 is 1.86 bits per heavy atom. The summed E-state index contributed by atoms with van der Waals surface area (Å²) in [6.45, 7) is 3.65. The van der Waals surface area contributed by atoms with Gasteiger partial charge < -0.3 is 15.6 Å². The van der Waals surface area contributed by atoms with Crippen LogP contribution in [0.3, 0.4) is 0 Å². The van der Waals surface area contributed by atoms with Gasteiger partial charge in [-0.05, 0) is 38.1 Å². The molecule has 0 aliphatic rings. The standard InChI is InChI=1S/C19H17ClN4O4/c1-10(2)22-18(25)13-5-3-11(20)7-17(13)23-19(26)15-9-21-16-6-4-12(24(27)28)8-14(15)16/h3-10,21H,1-2H3,(H,22,25)(H,23,26). The van der Waals surface area contributed by atoms with Gasteiger partial charge in [0.1, 0.15) is 0 Å². The number of rotatable bonds is 5. The third-order valence-electron chi connectivity index (χ3n) is 4.01. The van der Waals surface area contributed by atoms with E-state index in [0.717, 1.165) is 0 Å². The number of nitro groups is 1. The van der Waals surface area contributed by atoms with Gasteiger partial charge in [-0.15, -0.1) is 0 Å². The van der Waals surface area contributed by atoms with E-state index in [1.165, 1.54) is 36.5 Å². The average molecular weight is 401 g/mol. The van der Waals surface area contributed by atoms with Gasteiger partial charge in [-0.2, -0.15) is 0 Å². The molecule has 3 N–H and O–H groups in total. The van der Waals surface area contributed by atoms with Crippen LogP contribution in [0, 0.1) is 10.1 Å². The maximum absolute atomic E-state index is 12.8. The number of carbonyl (C=O) groups is 2. The average Bonchev–Trinajstić information content (AvgIpc) is 3.04. The predicted octanol–water partition coefficient (Wildman–Crippen LogP) is 4.12. The zero-order valence-corrected chi connectivity index (χ0v) is 15.8. The molecule has 8 nitrogen and oxygen atoms in total. The zero-order valence-electron chi connectivity index (χ0n) is 15.1. The number of amides is 2. The van der Waals surface area contributed by atoms with E-state index in [1.54, 1.807) is 6.07 Å². The van der Waals surface area contributed by atoms with E-state index in [4.69, 9.17) is 11.6 Å². The summed E-state index contributed by atoms with van der Waals surface area (Å²) in [4.78, 5) is 38.6. The number of nitro benzene ring substituents is 1. The highest BCUT2D eigenvalue weighted by molar-refractivity contribution is 6.31. The lowest BCUT2D eigenvalue weighted by molar-refractivity contribution is -0.384. The van der Waals surface area contributed by atoms with Crippen molar-refractivity contribution in [2.75, 3.05) is 5.32 Å². The smallest absolute Gasteiger partial charge is 0.270 e. The largest absolute Gasteiger partial charge is 0.360 e. The Labute approximate surface area is 165 Å². The molecule has 0 saturated heterocycles. The van der Waals surface area contributed by atoms with Crippen LogP contribution in [-0.2, 0) is 0 Å². The highest BCUT2D eigenvalue weighted by Gasteiger charge is 2.19. The Kier molecular flexibility index (Phi) is 5.32. The van der Waals surface area contributed by atoms with Crippen molar-refractivity contribution in [2.45, 2.75) is 19.9 Å². The van der Waals surface area contributed by atoms with Crippen LogP contribution in [0.2, 0.25) is 5.02 Å². The van der Waals surface area contributed by atoms with Crippen LogP contribution >= 0.6 is 11.6 Å². The number of anilines is 1. The Balaban J connectivity index is 1.96. The summed E-state index contributed by atoms with van der Waals surface area (Å²) >= 11 is 6.02. The number of nitrogens with zero attached hydrogens (tertiary/aromatic N) is 1. The molecule has 3 aromatic rings. The van der Waals surface area contributed by atoms with Crippen LogP contribution in [0.4, 0.5) is 11.4 Å². The molecule has 0 atom stereocenters. The van der Waals surface area contributed by atoms with Crippen LogP contribution in [0.15, 0.2) is 42.6 Å². The summed E-state index contributed by atoms with van der Waals surface area (Å²) in [5.74, 6) is -0.871. The van der Waals surface area contributed by atoms with Crippen LogP contribution in [-0.4, -0.2) is 27.8 Å². The molecule has 3 rings (SSSR count). The van der Waals surface area contributed by atoms with E-state index < -0.39 is 10.8 Å². The van der Waals surface area contributed by atoms with E-state index in [0.29, 0.717) is 15.9 Å². The Hall–Kier alpha value is -3.39. The fraction of sp³-hybridized carbons (Fsp3) is 0.158. The predicted molar refractivity (Wildman–Crippen MR) is 107 cm³/mol. The number of non-ortho nitro benzene ring substituents is 1. The van der Waals surface area contributed by atoms with Gasteiger partial charge >= 0.3 is 0 Å². The first-order valence-electron chi connectivity index (χ1n) is 8.43. The molecule has 2 amide bonds. The lowest BCUT2D eigenvalue weighted by Crippen LogP contribution is -2.31. The molecule has 9 heteroatoms. The van der Waals surface area contributed by atoms with Gasteiger partial charge in [-0.3, -0.25) is 19.7 Å². The molecule has 1 aromatic heterocycles. The lowest BCUT2D eigenvalue weighted by Gasteiger charge is -2.13. The van der Waals surface area contributed by atoms with Gasteiger partial charge in [0.25, 0.3) is 17.5 Å². The SMILES string of the molecule is CC(C)NC(=O)c1ccc(Cl)cc1NC(=O)c1c[nH]c2ccc([N+](=O)[O-])cc12. The molecule has 0 aliphatic carbocycles. The first-order chi connectivity index (χ1) is 13.3. The van der Waals surface area contributed by atoms with Crippen molar-refractivity contribution in [2.24, 2.45) is 0 Å². The fourth-order valence-electron chi connectivity index (χ4n) is 2.76. The lowest BCUT2D eigenvalue weighted by atomic mass is 10.1. The van der Waals surface area contributed by atoms with Gasteiger partial charge in [0, 0.05) is 40.3 Å². The van der Waals surface area contributed by atoms with Gasteiger partial charge in [0.15, 0.2) is 0 Å². The van der Waals surface area contributed by atoms with Gasteiger partial charge in [-0.25, -0.2) is 0 Å². The molecule has 0 spiro atoms. The maximum Gasteiger partial charge on any atom is 0.270 e. The van der Waals surface area contributed by atoms with Crippen molar-refractivity contribution in [1.82, 2.24) is 10.3 Å². The topological polar surface area (TPSA) is 117 Å². The van der Waals surface area contributed by atoms with Crippen molar-refractivity contribution < 1.29 is 14.5 Å². The van der Waals surface area contributed by atoms with Gasteiger partial charge in [0.2, 0.25) is 0 Å². The maximum atomic E-state index is 12.8. The molecule has 0 fully saturated rings. The molecule has 0 aliphatic heterocycles. The monoisotopic (exact) mass is 400 g/mol. The minimum Gasteiger partial charge on any atom is -0.360 e. The van der Waals surface area contributed by atoms with Crippen molar-refractivity contribution in [1.29, 1.82) is 0 Å². The van der Waals surface area contributed by atoms with Crippen molar-refractivity contribution in [3.63, 3.8) is 0 Å². The minimum atomic E-state index is -0.528. The van der Waals surface area contributed by atoms with Gasteiger partial charge in [-0.1, -0.05) is 11.6 Å². The molecule has 2 aromatic carbocycles. The number of hydrogen-bond acceptors (Lipinski definition) is 4. The highest BCUT2D eigenvalue weighted by atomic mass is 35.5. The molecule has 1 heterocycles. The van der Waals surface area contributed by atoms with Crippen LogP contribution < -0.4 is 10.6 Å². The number of halogens is 1. The van der Waals surface area contributed by atoms with E-state index in [9.17, 15) is 19.7 Å². The van der Waals surface area contributed by atoms with Crippen molar-refractivity contribution in [3.05, 3.63) is 68.9 Å². The molecular formula is C19H17ClN4O4. The summed E-state index contributed by atoms with van der Waals surface area (Å²) in [7, 11) is 0. The Bertz CT molecular complexity index is 1090. The molecule has 0 radical (unpaired) electrons. The normalized spacial score (nSPS) is 10.9. The van der Waals surface area contributed by atoms with Crippen LogP contribution in [0.25, 0.3) is 10.9 Å². The van der Waals surface area contributed by atoms with E-state index in [2.05, 4.69) is 15.6 Å². The number of aromatic nitrogens is 1. The third-order valence-corrected chi connectivity index (χ3v) is 4.25. The van der Waals surface area contributed by atoms with E-state index in [-0.39, 0.29) is 34.5 Å². The summed E-state index contributed by atoms with van der Waals surface area (Å²) < 4.78 is 0. The van der Waals surface area contributed by atoms with Crippen molar-refractivity contribution >= 4 is 45.7 Å². The summed E-state index contributed by atoms with van der Waals surface area (Å²) in [5, 5.41) is 17.2. The van der Waals surface area contributed by atoms with E-state index >= 15 is 0 Å². The van der Waals surface area contributed by atoms with Gasteiger partial charge in [0.05, 0.1) is 21.7 Å². The zero-order chi connectivity index (χ0) is 20.4. The number of aromatic amines is 1. The first kappa shape index (κ1) is 19.4. The summed E-state index contributed by atoms with van der Waals surface area (Å²) in [6.07, 6.45) is 1.46. The Morgan fingerprint density at radius 3 is 2.54 bits per heavy atom. The fourth-order valence-corrected chi connectivity index (χ4v) is 2.93. The quantitative estimate of drug-likeness (QED) is 0.441. The number of nitrogens with one attached hydrogen (secondary N) is 3. The number of benzene rings is 2. The second-order valence-corrected chi connectivity index (χ2v) is 6.90. The highest BCUT2D eigenvalue weighted by Crippen LogP contribution is 2.26. The second-order valence-electron chi connectivity index (χ2n) is 6.46. The number of fused-ring (bicyclic) bond motifs is 1. The molecule has 28 heavy (non-hydrogen) atoms. The van der Waals surface area contributed by atoms with Crippen LogP contribution in [0.5, 0.6) is 0 Å². The second kappa shape index (κ2) is 7.69. The Morgan fingerprint density at radius 1 is 1.11 bits per heavy atom. The molecule has 0 bridgehead atoms. The molecule has 0 unspecified atom stereocenters. The molecule has 0 saturated carbocycles. The number of H-pyrrole nitrogens is 1. The van der Waals surface area contributed by atoms with E-state index in [1.807, 2.05) is 13.8 Å². The van der Waals surface area contributed by atoms with Crippen molar-refractivity contribution in [3.8, 4) is 0 Å². The minimum absolute atomic E-state index is 0.0825. The summed E-state index contributed by atoms with van der Waals surface area (Å²) in [6, 6.07) is 8.69. The first-order valence-corrected chi connectivity index (χ1v) is 8.81. The number of hydrogen-bond donors (Lipinski definition) is 3.